The Morgan fingerprint density at radius 3 is 2.83 bits per heavy atom. The number of hydrogen-bond acceptors (Lipinski definition) is 7. The quantitative estimate of drug-likeness (QED) is 0.618. The maximum Gasteiger partial charge on any atom is 0.306 e. The molecule has 4 rings (SSSR count). The van der Waals surface area contributed by atoms with E-state index in [2.05, 4.69) is 10.3 Å². The summed E-state index contributed by atoms with van der Waals surface area (Å²) in [4.78, 5) is 40.9. The van der Waals surface area contributed by atoms with Crippen molar-refractivity contribution in [1.29, 1.82) is 0 Å². The maximum absolute atomic E-state index is 12.4. The van der Waals surface area contributed by atoms with E-state index in [1.165, 1.54) is 4.57 Å². The number of rotatable bonds is 6. The number of anilines is 1. The monoisotopic (exact) mass is 409 g/mol. The van der Waals surface area contributed by atoms with Crippen molar-refractivity contribution in [2.75, 3.05) is 18.7 Å². The summed E-state index contributed by atoms with van der Waals surface area (Å²) in [5.74, 6) is 0.589. The molecule has 0 saturated heterocycles. The van der Waals surface area contributed by atoms with Crippen LogP contribution in [0.3, 0.4) is 0 Å². The second-order valence-corrected chi connectivity index (χ2v) is 6.69. The van der Waals surface area contributed by atoms with Gasteiger partial charge in [-0.3, -0.25) is 19.0 Å². The second-order valence-electron chi connectivity index (χ2n) is 6.69. The van der Waals surface area contributed by atoms with Gasteiger partial charge in [-0.05, 0) is 24.3 Å². The summed E-state index contributed by atoms with van der Waals surface area (Å²) in [5, 5.41) is 3.15. The van der Waals surface area contributed by atoms with Crippen LogP contribution in [0.4, 0.5) is 5.69 Å². The average Bonchev–Trinajstić information content (AvgIpc) is 3.21. The molecule has 1 aromatic heterocycles. The lowest BCUT2D eigenvalue weighted by Gasteiger charge is -2.09. The van der Waals surface area contributed by atoms with E-state index in [0.717, 1.165) is 0 Å². The topological polar surface area (TPSA) is 109 Å². The zero-order valence-corrected chi connectivity index (χ0v) is 16.2. The van der Waals surface area contributed by atoms with Gasteiger partial charge in [0, 0.05) is 25.2 Å². The summed E-state index contributed by atoms with van der Waals surface area (Å²) >= 11 is 0. The number of aromatic nitrogens is 2. The van der Waals surface area contributed by atoms with E-state index in [-0.39, 0.29) is 25.2 Å². The maximum atomic E-state index is 12.4. The van der Waals surface area contributed by atoms with Gasteiger partial charge in [-0.15, -0.1) is 0 Å². The number of carbonyl (C=O) groups is 2. The van der Waals surface area contributed by atoms with E-state index >= 15 is 0 Å². The highest BCUT2D eigenvalue weighted by Gasteiger charge is 2.15. The summed E-state index contributed by atoms with van der Waals surface area (Å²) in [6, 6.07) is 12.0. The van der Waals surface area contributed by atoms with E-state index in [0.29, 0.717) is 33.9 Å². The van der Waals surface area contributed by atoms with Crippen LogP contribution in [0, 0.1) is 0 Å². The summed E-state index contributed by atoms with van der Waals surface area (Å²) in [5.41, 5.74) is 0.912. The Balaban J connectivity index is 1.30. The third-order valence-corrected chi connectivity index (χ3v) is 4.65. The summed E-state index contributed by atoms with van der Waals surface area (Å²) in [6.45, 7) is -0.278. The van der Waals surface area contributed by atoms with Gasteiger partial charge in [-0.25, -0.2) is 4.98 Å². The van der Waals surface area contributed by atoms with Crippen molar-refractivity contribution in [3.63, 3.8) is 0 Å². The molecular formula is C21H19N3O6. The number of hydrogen-bond donors (Lipinski definition) is 1. The Morgan fingerprint density at radius 2 is 1.97 bits per heavy atom. The number of esters is 1. The minimum atomic E-state index is -0.557. The van der Waals surface area contributed by atoms with Crippen LogP contribution < -0.4 is 20.3 Å². The molecule has 2 aromatic carbocycles. The van der Waals surface area contributed by atoms with Gasteiger partial charge in [0.25, 0.3) is 11.5 Å². The molecule has 9 nitrogen and oxygen atoms in total. The van der Waals surface area contributed by atoms with Crippen molar-refractivity contribution < 1.29 is 23.8 Å². The number of ether oxygens (including phenoxy) is 3. The van der Waals surface area contributed by atoms with Crippen molar-refractivity contribution in [3.05, 3.63) is 58.6 Å². The van der Waals surface area contributed by atoms with Crippen LogP contribution in [0.15, 0.2) is 47.3 Å². The highest BCUT2D eigenvalue weighted by molar-refractivity contribution is 5.93. The lowest BCUT2D eigenvalue weighted by atomic mass is 10.2. The van der Waals surface area contributed by atoms with Crippen LogP contribution in [0.2, 0.25) is 0 Å². The van der Waals surface area contributed by atoms with E-state index in [1.54, 1.807) is 49.5 Å². The minimum Gasteiger partial charge on any atom is -0.456 e. The van der Waals surface area contributed by atoms with E-state index in [4.69, 9.17) is 14.2 Å². The molecule has 1 amide bonds. The van der Waals surface area contributed by atoms with Crippen LogP contribution in [-0.2, 0) is 27.8 Å². The number of carbonyl (C=O) groups excluding carboxylic acids is 2. The fourth-order valence-electron chi connectivity index (χ4n) is 3.09. The molecule has 1 aliphatic rings. The van der Waals surface area contributed by atoms with Crippen molar-refractivity contribution in [2.45, 2.75) is 12.8 Å². The third kappa shape index (κ3) is 4.09. The zero-order chi connectivity index (χ0) is 21.1. The van der Waals surface area contributed by atoms with Crippen molar-refractivity contribution in [1.82, 2.24) is 9.55 Å². The summed E-state index contributed by atoms with van der Waals surface area (Å²) < 4.78 is 16.9. The Kier molecular flexibility index (Phi) is 5.34. The van der Waals surface area contributed by atoms with Gasteiger partial charge in [0.05, 0.1) is 17.3 Å². The molecule has 0 saturated carbocycles. The number of nitrogens with zero attached hydrogens (tertiary/aromatic N) is 2. The number of benzene rings is 2. The fourth-order valence-corrected chi connectivity index (χ4v) is 3.09. The molecular weight excluding hydrogens is 390 g/mol. The Hall–Kier alpha value is -3.88. The van der Waals surface area contributed by atoms with E-state index < -0.39 is 18.5 Å². The van der Waals surface area contributed by atoms with Crippen molar-refractivity contribution in [2.24, 2.45) is 7.05 Å². The fraction of sp³-hybridized carbons (Fsp3) is 0.238. The highest BCUT2D eigenvalue weighted by Crippen LogP contribution is 2.34. The Labute approximate surface area is 171 Å². The van der Waals surface area contributed by atoms with Gasteiger partial charge in [-0.2, -0.15) is 0 Å². The molecule has 0 radical (unpaired) electrons. The van der Waals surface area contributed by atoms with Crippen LogP contribution >= 0.6 is 0 Å². The molecule has 0 atom stereocenters. The van der Waals surface area contributed by atoms with Crippen LogP contribution in [-0.4, -0.2) is 34.8 Å². The first kappa shape index (κ1) is 19.4. The zero-order valence-electron chi connectivity index (χ0n) is 16.2. The predicted octanol–water partition coefficient (Wildman–Crippen LogP) is 1.78. The molecule has 1 N–H and O–H groups in total. The molecule has 1 aliphatic heterocycles. The number of nitrogens with one attached hydrogen (secondary N) is 1. The molecule has 154 valence electrons. The van der Waals surface area contributed by atoms with Crippen LogP contribution in [0.25, 0.3) is 10.9 Å². The first-order chi connectivity index (χ1) is 14.5. The molecule has 9 heteroatoms. The second kappa shape index (κ2) is 8.24. The highest BCUT2D eigenvalue weighted by atomic mass is 16.7. The predicted molar refractivity (Wildman–Crippen MR) is 107 cm³/mol. The summed E-state index contributed by atoms with van der Waals surface area (Å²) in [7, 11) is 1.61. The average molecular weight is 409 g/mol. The normalized spacial score (nSPS) is 12.0. The molecule has 0 spiro atoms. The van der Waals surface area contributed by atoms with Crippen molar-refractivity contribution in [3.8, 4) is 11.5 Å². The molecule has 0 aliphatic carbocycles. The first-order valence-electron chi connectivity index (χ1n) is 9.31. The molecule has 30 heavy (non-hydrogen) atoms. The number of amides is 1. The summed E-state index contributed by atoms with van der Waals surface area (Å²) in [6.07, 6.45) is 0.217. The number of fused-ring (bicyclic) bond motifs is 2. The molecule has 0 fully saturated rings. The van der Waals surface area contributed by atoms with Crippen LogP contribution in [0.1, 0.15) is 12.2 Å². The lowest BCUT2D eigenvalue weighted by Crippen LogP contribution is -2.24. The van der Waals surface area contributed by atoms with Gasteiger partial charge in [0.2, 0.25) is 6.79 Å². The molecule has 2 heterocycles. The van der Waals surface area contributed by atoms with Gasteiger partial charge in [0.1, 0.15) is 5.82 Å². The van der Waals surface area contributed by atoms with E-state index in [1.807, 2.05) is 0 Å². The minimum absolute atomic E-state index is 0.00404. The number of aryl methyl sites for hydroxylation is 1. The van der Waals surface area contributed by atoms with Crippen molar-refractivity contribution >= 4 is 28.5 Å². The third-order valence-electron chi connectivity index (χ3n) is 4.65. The Bertz CT molecular complexity index is 1190. The SMILES string of the molecule is Cn1c(CCC(=O)OCC(=O)Nc2ccc3c(c2)OCO3)nc2ccccc2c1=O. The standard InChI is InChI=1S/C21H19N3O6/c1-24-18(23-15-5-3-2-4-14(15)21(24)27)8-9-20(26)28-11-19(25)22-13-6-7-16-17(10-13)30-12-29-16/h2-7,10H,8-9,11-12H2,1H3,(H,22,25). The molecule has 0 bridgehead atoms. The van der Waals surface area contributed by atoms with Gasteiger partial charge in [0.15, 0.2) is 18.1 Å². The van der Waals surface area contributed by atoms with Gasteiger partial charge >= 0.3 is 5.97 Å². The molecule has 3 aromatic rings. The van der Waals surface area contributed by atoms with Gasteiger partial charge < -0.3 is 19.5 Å². The Morgan fingerprint density at radius 1 is 1.17 bits per heavy atom. The largest absolute Gasteiger partial charge is 0.456 e. The van der Waals surface area contributed by atoms with E-state index in [9.17, 15) is 14.4 Å². The molecule has 0 unspecified atom stereocenters. The first-order valence-corrected chi connectivity index (χ1v) is 9.31. The smallest absolute Gasteiger partial charge is 0.306 e. The van der Waals surface area contributed by atoms with Crippen LogP contribution in [0.5, 0.6) is 11.5 Å². The number of para-hydroxylation sites is 1. The van der Waals surface area contributed by atoms with Gasteiger partial charge in [-0.1, -0.05) is 12.1 Å². The lowest BCUT2D eigenvalue weighted by molar-refractivity contribution is -0.147.